The number of carbonyl (C=O) groups is 3. The zero-order valence-corrected chi connectivity index (χ0v) is 32.1. The number of phenolic OH excluding ortho intramolecular Hbond substituents is 1. The number of para-hydroxylation sites is 1. The van der Waals surface area contributed by atoms with E-state index in [-0.39, 0.29) is 48.9 Å². The van der Waals surface area contributed by atoms with Crippen molar-refractivity contribution in [3.05, 3.63) is 71.4 Å². The van der Waals surface area contributed by atoms with Crippen LogP contribution in [0, 0.1) is 12.3 Å². The van der Waals surface area contributed by atoms with Crippen LogP contribution in [0.2, 0.25) is 0 Å². The number of rotatable bonds is 10. The molecule has 2 aliphatic heterocycles. The van der Waals surface area contributed by atoms with Gasteiger partial charge in [0.15, 0.2) is 5.82 Å². The third-order valence-electron chi connectivity index (χ3n) is 10.1. The molecule has 14 nitrogen and oxygen atoms in total. The van der Waals surface area contributed by atoms with Gasteiger partial charge in [0.1, 0.15) is 17.8 Å². The van der Waals surface area contributed by atoms with Gasteiger partial charge in [-0.1, -0.05) is 57.2 Å². The minimum absolute atomic E-state index is 0.00277. The number of aliphatic hydroxyl groups is 1. The van der Waals surface area contributed by atoms with Crippen molar-refractivity contribution < 1.29 is 24.6 Å². The fourth-order valence-corrected chi connectivity index (χ4v) is 7.85. The van der Waals surface area contributed by atoms with Crippen LogP contribution in [0.5, 0.6) is 5.75 Å². The van der Waals surface area contributed by atoms with Crippen molar-refractivity contribution in [2.75, 3.05) is 49.9 Å². The lowest BCUT2D eigenvalue weighted by Crippen LogP contribution is -2.59. The first-order valence-corrected chi connectivity index (χ1v) is 19.0. The van der Waals surface area contributed by atoms with E-state index in [1.165, 1.54) is 4.90 Å². The van der Waals surface area contributed by atoms with Crippen molar-refractivity contribution in [1.29, 1.82) is 0 Å². The number of phenols is 1. The van der Waals surface area contributed by atoms with Gasteiger partial charge in [-0.15, -0.1) is 21.5 Å². The predicted octanol–water partition coefficient (Wildman–Crippen LogP) is 3.36. The Balaban J connectivity index is 1.06. The maximum absolute atomic E-state index is 14.2. The van der Waals surface area contributed by atoms with Gasteiger partial charge in [-0.05, 0) is 48.6 Å². The Kier molecular flexibility index (Phi) is 11.5. The number of amides is 3. The van der Waals surface area contributed by atoms with Gasteiger partial charge >= 0.3 is 0 Å². The minimum Gasteiger partial charge on any atom is -0.507 e. The monoisotopic (exact) mass is 755 g/mol. The van der Waals surface area contributed by atoms with E-state index in [0.717, 1.165) is 21.7 Å². The highest BCUT2D eigenvalue weighted by atomic mass is 32.1. The lowest BCUT2D eigenvalue weighted by atomic mass is 9.85. The molecule has 0 radical (unpaired) electrons. The molecule has 4 heterocycles. The highest BCUT2D eigenvalue weighted by Crippen LogP contribution is 2.32. The van der Waals surface area contributed by atoms with E-state index in [4.69, 9.17) is 5.73 Å². The second kappa shape index (κ2) is 16.1. The van der Waals surface area contributed by atoms with Crippen molar-refractivity contribution in [3.8, 4) is 27.4 Å². The van der Waals surface area contributed by atoms with Gasteiger partial charge in [-0.3, -0.25) is 19.3 Å². The summed E-state index contributed by atoms with van der Waals surface area (Å²) in [7, 11) is 0. The normalized spacial score (nSPS) is 19.0. The summed E-state index contributed by atoms with van der Waals surface area (Å²) in [6, 6.07) is 14.5. The second-order valence-electron chi connectivity index (χ2n) is 15.2. The molecule has 54 heavy (non-hydrogen) atoms. The van der Waals surface area contributed by atoms with Crippen LogP contribution in [0.15, 0.2) is 60.1 Å². The highest BCUT2D eigenvalue weighted by molar-refractivity contribution is 7.13. The maximum Gasteiger partial charge on any atom is 0.246 e. The first-order chi connectivity index (χ1) is 25.7. The standard InChI is InChI=1S/C39H49N9O5S/c1-23(25-10-12-26(13-11-25)34-24(2)41-22-54-34)42-37(52)31-18-27(49)20-48(31)38(53)35(39(3,4)5)43-33(51)21-46-14-16-47(17-15-46)30-19-29(44-45-36(30)40)28-8-6-7-9-32(28)50/h6-13,19,22-23,27,31,35,49-50H,14-18,20-21H2,1-5H3,(H2,40,45)(H,42,52)(H,43,51). The molecule has 2 fully saturated rings. The van der Waals surface area contributed by atoms with E-state index in [9.17, 15) is 24.6 Å². The number of likely N-dealkylation sites (tertiary alicyclic amines) is 1. The quantitative estimate of drug-likeness (QED) is 0.160. The van der Waals surface area contributed by atoms with Crippen LogP contribution in [0.25, 0.3) is 21.7 Å². The van der Waals surface area contributed by atoms with E-state index >= 15 is 0 Å². The molecular weight excluding hydrogens is 707 g/mol. The number of anilines is 2. The topological polar surface area (TPSA) is 190 Å². The number of thiazole rings is 1. The molecule has 4 atom stereocenters. The summed E-state index contributed by atoms with van der Waals surface area (Å²) in [4.78, 5) is 52.2. The fourth-order valence-electron chi connectivity index (χ4n) is 7.04. The average molecular weight is 756 g/mol. The third kappa shape index (κ3) is 8.64. The Labute approximate surface area is 319 Å². The number of hydrogen-bond acceptors (Lipinski definition) is 12. The second-order valence-corrected chi connectivity index (χ2v) is 16.0. The number of nitrogens with zero attached hydrogens (tertiary/aromatic N) is 6. The summed E-state index contributed by atoms with van der Waals surface area (Å²) in [5.74, 6) is -0.702. The molecule has 2 aromatic heterocycles. The Morgan fingerprint density at radius 1 is 1.02 bits per heavy atom. The van der Waals surface area contributed by atoms with E-state index in [0.29, 0.717) is 43.1 Å². The highest BCUT2D eigenvalue weighted by Gasteiger charge is 2.45. The van der Waals surface area contributed by atoms with E-state index in [1.54, 1.807) is 29.5 Å². The first kappa shape index (κ1) is 38.6. The number of nitrogen functional groups attached to an aromatic ring is 1. The number of aromatic hydroxyl groups is 1. The SMILES string of the molecule is Cc1ncsc1-c1ccc(C(C)NC(=O)C2CC(O)CN2C(=O)C(NC(=O)CN2CCN(c3cc(-c4ccccc4O)nnc3N)CC2)C(C)(C)C)cc1. The summed E-state index contributed by atoms with van der Waals surface area (Å²) in [6.07, 6.45) is -0.761. The van der Waals surface area contributed by atoms with Gasteiger partial charge in [0.25, 0.3) is 0 Å². The zero-order valence-electron chi connectivity index (χ0n) is 31.3. The van der Waals surface area contributed by atoms with Gasteiger partial charge in [0.2, 0.25) is 17.7 Å². The van der Waals surface area contributed by atoms with E-state index < -0.39 is 29.5 Å². The Morgan fingerprint density at radius 2 is 1.72 bits per heavy atom. The number of benzene rings is 2. The van der Waals surface area contributed by atoms with Crippen LogP contribution in [-0.2, 0) is 14.4 Å². The summed E-state index contributed by atoms with van der Waals surface area (Å²) < 4.78 is 0. The predicted molar refractivity (Wildman–Crippen MR) is 209 cm³/mol. The van der Waals surface area contributed by atoms with Gasteiger partial charge in [-0.25, -0.2) is 4.98 Å². The van der Waals surface area contributed by atoms with E-state index in [2.05, 4.69) is 30.7 Å². The molecule has 4 aromatic rings. The Bertz CT molecular complexity index is 1970. The molecular formula is C39H49N9O5S. The maximum atomic E-state index is 14.2. The van der Waals surface area contributed by atoms with Crippen molar-refractivity contribution in [1.82, 2.24) is 35.6 Å². The van der Waals surface area contributed by atoms with Crippen molar-refractivity contribution in [2.45, 2.75) is 65.3 Å². The van der Waals surface area contributed by atoms with Gasteiger partial charge in [0, 0.05) is 44.7 Å². The number of nitrogens with two attached hydrogens (primary N) is 1. The number of β-amino-alcohol motifs (C(OH)–C–C–N with tert-alkyl or cyclic N) is 1. The number of aromatic nitrogens is 3. The number of aryl methyl sites for hydroxylation is 1. The molecule has 4 unspecified atom stereocenters. The molecule has 2 aliphatic rings. The number of hydrogen-bond donors (Lipinski definition) is 5. The molecule has 15 heteroatoms. The number of piperazine rings is 1. The van der Waals surface area contributed by atoms with Crippen molar-refractivity contribution >= 4 is 40.6 Å². The number of carbonyl (C=O) groups excluding carboxylic acids is 3. The molecule has 0 spiro atoms. The molecule has 0 saturated carbocycles. The van der Waals surface area contributed by atoms with Crippen LogP contribution < -0.4 is 21.3 Å². The summed E-state index contributed by atoms with van der Waals surface area (Å²) >= 11 is 1.58. The lowest BCUT2D eigenvalue weighted by Gasteiger charge is -2.38. The van der Waals surface area contributed by atoms with Crippen LogP contribution in [0.3, 0.4) is 0 Å². The third-order valence-corrected chi connectivity index (χ3v) is 11.1. The fraction of sp³-hybridized carbons (Fsp3) is 0.436. The number of nitrogens with one attached hydrogen (secondary N) is 2. The Hall–Kier alpha value is -5.12. The molecule has 0 bridgehead atoms. The van der Waals surface area contributed by atoms with Crippen LogP contribution in [0.1, 0.15) is 51.4 Å². The molecule has 2 aromatic carbocycles. The van der Waals surface area contributed by atoms with Crippen LogP contribution in [0.4, 0.5) is 11.5 Å². The largest absolute Gasteiger partial charge is 0.507 e. The molecule has 2 saturated heterocycles. The van der Waals surface area contributed by atoms with Crippen LogP contribution >= 0.6 is 11.3 Å². The summed E-state index contributed by atoms with van der Waals surface area (Å²) in [5.41, 5.74) is 12.0. The zero-order chi connectivity index (χ0) is 38.7. The lowest BCUT2D eigenvalue weighted by molar-refractivity contribution is -0.144. The average Bonchev–Trinajstić information content (AvgIpc) is 3.76. The van der Waals surface area contributed by atoms with E-state index in [1.807, 2.05) is 81.4 Å². The summed E-state index contributed by atoms with van der Waals surface area (Å²) in [6.45, 7) is 11.8. The van der Waals surface area contributed by atoms with Crippen molar-refractivity contribution in [2.24, 2.45) is 5.41 Å². The van der Waals surface area contributed by atoms with Gasteiger partial charge < -0.3 is 36.4 Å². The molecule has 286 valence electrons. The Morgan fingerprint density at radius 3 is 2.37 bits per heavy atom. The van der Waals surface area contributed by atoms with Crippen LogP contribution in [-0.4, -0.2) is 110 Å². The molecule has 6 rings (SSSR count). The summed E-state index contributed by atoms with van der Waals surface area (Å²) in [5, 5.41) is 35.2. The molecule has 6 N–H and O–H groups in total. The smallest absolute Gasteiger partial charge is 0.246 e. The molecule has 0 aliphatic carbocycles. The van der Waals surface area contributed by atoms with Gasteiger partial charge in [0.05, 0.1) is 46.2 Å². The van der Waals surface area contributed by atoms with Gasteiger partial charge in [-0.2, -0.15) is 0 Å². The number of aliphatic hydroxyl groups excluding tert-OH is 1. The molecule has 3 amide bonds. The van der Waals surface area contributed by atoms with Crippen molar-refractivity contribution in [3.63, 3.8) is 0 Å². The minimum atomic E-state index is -0.928. The first-order valence-electron chi connectivity index (χ1n) is 18.2.